The van der Waals surface area contributed by atoms with Crippen LogP contribution in [0.3, 0.4) is 0 Å². The molecule has 0 atom stereocenters. The molecule has 0 aliphatic carbocycles. The molecule has 0 aliphatic heterocycles. The van der Waals surface area contributed by atoms with Crippen molar-refractivity contribution in [3.8, 4) is 0 Å². The van der Waals surface area contributed by atoms with Gasteiger partial charge in [-0.2, -0.15) is 0 Å². The summed E-state index contributed by atoms with van der Waals surface area (Å²) in [7, 11) is -4.21. The van der Waals surface area contributed by atoms with Gasteiger partial charge in [0.25, 0.3) is 0 Å². The monoisotopic (exact) mass is 564 g/mol. The van der Waals surface area contributed by atoms with Gasteiger partial charge >= 0.3 is 7.82 Å². The number of phosphoric ester groups is 1. The van der Waals surface area contributed by atoms with Gasteiger partial charge in [-0.3, -0.25) is 4.52 Å². The average molecular weight is 564 g/mol. The fourth-order valence-electron chi connectivity index (χ4n) is 4.56. The largest absolute Gasteiger partial charge is 0.469 e. The number of hydrogen-bond donors (Lipinski definition) is 3. The van der Waals surface area contributed by atoms with Crippen LogP contribution in [0.2, 0.25) is 0 Å². The van der Waals surface area contributed by atoms with Crippen molar-refractivity contribution in [2.24, 2.45) is 11.8 Å². The Balaban J connectivity index is 0. The standard InChI is InChI=1S/C26H55N.C6H15O4P/c1-25(2)21-17-13-9-5-7-11-15-19-23-27-24-20-16-12-8-6-10-14-18-22-26(3)4;1-2-3-4-5-6-10-11(7,8)9/h25-27H,5-24H2,1-4H3;2-6H2,1H3,(H2,7,8,9). The molecule has 0 aromatic heterocycles. The van der Waals surface area contributed by atoms with E-state index in [9.17, 15) is 4.57 Å². The predicted octanol–water partition coefficient (Wildman–Crippen LogP) is 10.6. The molecule has 3 N–H and O–H groups in total. The van der Waals surface area contributed by atoms with Crippen LogP contribution in [0, 0.1) is 11.8 Å². The van der Waals surface area contributed by atoms with Crippen molar-refractivity contribution in [1.82, 2.24) is 5.32 Å². The van der Waals surface area contributed by atoms with E-state index in [1.807, 2.05) is 0 Å². The van der Waals surface area contributed by atoms with Crippen LogP contribution in [0.1, 0.15) is 176 Å². The molecule has 0 bridgehead atoms. The van der Waals surface area contributed by atoms with Crippen molar-refractivity contribution in [1.29, 1.82) is 0 Å². The molecule has 0 aliphatic rings. The van der Waals surface area contributed by atoms with Gasteiger partial charge in [-0.05, 0) is 44.2 Å². The molecule has 0 unspecified atom stereocenters. The van der Waals surface area contributed by atoms with Crippen LogP contribution in [-0.4, -0.2) is 29.5 Å². The highest BCUT2D eigenvalue weighted by molar-refractivity contribution is 7.46. The number of unbranched alkanes of at least 4 members (excludes halogenated alkanes) is 17. The fraction of sp³-hybridized carbons (Fsp3) is 1.00. The number of nitrogens with one attached hydrogen (secondary N) is 1. The first-order valence-electron chi connectivity index (χ1n) is 16.6. The van der Waals surface area contributed by atoms with Crippen molar-refractivity contribution < 1.29 is 18.9 Å². The van der Waals surface area contributed by atoms with E-state index in [4.69, 9.17) is 9.79 Å². The summed E-state index contributed by atoms with van der Waals surface area (Å²) in [4.78, 5) is 16.5. The molecule has 0 radical (unpaired) electrons. The molecular weight excluding hydrogens is 493 g/mol. The lowest BCUT2D eigenvalue weighted by atomic mass is 10.0. The van der Waals surface area contributed by atoms with Gasteiger partial charge in [-0.15, -0.1) is 0 Å². The van der Waals surface area contributed by atoms with Gasteiger partial charge in [0.2, 0.25) is 0 Å². The second kappa shape index (κ2) is 31.6. The van der Waals surface area contributed by atoms with E-state index in [2.05, 4.69) is 44.5 Å². The van der Waals surface area contributed by atoms with Gasteiger partial charge in [0, 0.05) is 0 Å². The SMILES string of the molecule is CC(C)CCCCCCCCCCNCCCCCCCCCCC(C)C.CCCCCCOP(=O)(O)O. The Morgan fingerprint density at radius 2 is 0.895 bits per heavy atom. The van der Waals surface area contributed by atoms with Crippen LogP contribution in [0.5, 0.6) is 0 Å². The zero-order valence-electron chi connectivity index (χ0n) is 26.5. The molecule has 0 fully saturated rings. The van der Waals surface area contributed by atoms with E-state index < -0.39 is 7.82 Å². The van der Waals surface area contributed by atoms with Gasteiger partial charge in [0.15, 0.2) is 0 Å². The molecule has 6 heteroatoms. The highest BCUT2D eigenvalue weighted by Gasteiger charge is 2.12. The third-order valence-corrected chi connectivity index (χ3v) is 7.55. The molecule has 0 aromatic carbocycles. The summed E-state index contributed by atoms with van der Waals surface area (Å²) >= 11 is 0. The third-order valence-electron chi connectivity index (χ3n) is 7.03. The smallest absolute Gasteiger partial charge is 0.317 e. The van der Waals surface area contributed by atoms with Crippen molar-refractivity contribution >= 4 is 7.82 Å². The fourth-order valence-corrected chi connectivity index (χ4v) is 4.93. The van der Waals surface area contributed by atoms with Crippen LogP contribution >= 0.6 is 7.82 Å². The summed E-state index contributed by atoms with van der Waals surface area (Å²) in [5, 5.41) is 3.64. The normalized spacial score (nSPS) is 11.8. The molecule has 0 aromatic rings. The second-order valence-electron chi connectivity index (χ2n) is 12.2. The zero-order chi connectivity index (χ0) is 28.7. The molecule has 0 amide bonds. The molecule has 0 spiro atoms. The average Bonchev–Trinajstić information content (AvgIpc) is 2.84. The van der Waals surface area contributed by atoms with Crippen molar-refractivity contribution in [2.75, 3.05) is 19.7 Å². The minimum Gasteiger partial charge on any atom is -0.317 e. The van der Waals surface area contributed by atoms with E-state index in [0.29, 0.717) is 0 Å². The van der Waals surface area contributed by atoms with Gasteiger partial charge in [-0.1, -0.05) is 157 Å². The van der Waals surface area contributed by atoms with Crippen LogP contribution in [0.25, 0.3) is 0 Å². The Bertz CT molecular complexity index is 456. The zero-order valence-corrected chi connectivity index (χ0v) is 27.4. The summed E-state index contributed by atoms with van der Waals surface area (Å²) in [6, 6.07) is 0. The molecule has 0 heterocycles. The van der Waals surface area contributed by atoms with Crippen LogP contribution < -0.4 is 5.32 Å². The van der Waals surface area contributed by atoms with Gasteiger partial charge in [-0.25, -0.2) is 4.57 Å². The van der Waals surface area contributed by atoms with E-state index in [1.165, 1.54) is 129 Å². The molecule has 0 rings (SSSR count). The summed E-state index contributed by atoms with van der Waals surface area (Å²) in [6.45, 7) is 14.1. The summed E-state index contributed by atoms with van der Waals surface area (Å²) in [5.41, 5.74) is 0. The van der Waals surface area contributed by atoms with E-state index in [0.717, 1.165) is 37.5 Å². The van der Waals surface area contributed by atoms with E-state index >= 15 is 0 Å². The molecule has 38 heavy (non-hydrogen) atoms. The van der Waals surface area contributed by atoms with E-state index in [-0.39, 0.29) is 6.61 Å². The van der Waals surface area contributed by atoms with Gasteiger partial charge < -0.3 is 15.1 Å². The maximum absolute atomic E-state index is 10.1. The lowest BCUT2D eigenvalue weighted by Crippen LogP contribution is -2.16. The Morgan fingerprint density at radius 1 is 0.553 bits per heavy atom. The minimum absolute atomic E-state index is 0.157. The number of hydrogen-bond acceptors (Lipinski definition) is 3. The molecule has 5 nitrogen and oxygen atoms in total. The first-order valence-corrected chi connectivity index (χ1v) is 18.1. The Hall–Kier alpha value is 0.0700. The number of phosphoric acid groups is 1. The highest BCUT2D eigenvalue weighted by Crippen LogP contribution is 2.35. The lowest BCUT2D eigenvalue weighted by molar-refractivity contribution is 0.193. The number of rotatable bonds is 28. The minimum atomic E-state index is -4.21. The highest BCUT2D eigenvalue weighted by atomic mass is 31.2. The van der Waals surface area contributed by atoms with Crippen LogP contribution in [0.4, 0.5) is 0 Å². The first-order chi connectivity index (χ1) is 18.2. The van der Waals surface area contributed by atoms with E-state index in [1.54, 1.807) is 0 Å². The van der Waals surface area contributed by atoms with Crippen molar-refractivity contribution in [3.05, 3.63) is 0 Å². The Labute approximate surface area is 239 Å². The summed E-state index contributed by atoms with van der Waals surface area (Å²) in [5.74, 6) is 1.78. The maximum Gasteiger partial charge on any atom is 0.469 e. The third kappa shape index (κ3) is 43.1. The van der Waals surface area contributed by atoms with Crippen molar-refractivity contribution in [3.63, 3.8) is 0 Å². The van der Waals surface area contributed by atoms with Gasteiger partial charge in [0.1, 0.15) is 0 Å². The second-order valence-corrected chi connectivity index (χ2v) is 13.4. The molecular formula is C32H70NO4P. The van der Waals surface area contributed by atoms with Crippen LogP contribution in [-0.2, 0) is 9.09 Å². The van der Waals surface area contributed by atoms with Gasteiger partial charge in [0.05, 0.1) is 6.61 Å². The summed E-state index contributed by atoms with van der Waals surface area (Å²) < 4.78 is 14.4. The molecule has 232 valence electrons. The maximum atomic E-state index is 10.1. The summed E-state index contributed by atoms with van der Waals surface area (Å²) in [6.07, 6.45) is 29.8. The predicted molar refractivity (Wildman–Crippen MR) is 168 cm³/mol. The Morgan fingerprint density at radius 3 is 1.24 bits per heavy atom. The van der Waals surface area contributed by atoms with Crippen molar-refractivity contribution in [2.45, 2.75) is 176 Å². The molecule has 0 saturated carbocycles. The quantitative estimate of drug-likeness (QED) is 0.0652. The van der Waals surface area contributed by atoms with Crippen LogP contribution in [0.15, 0.2) is 0 Å². The Kier molecular flexibility index (Phi) is 33.4. The lowest BCUT2D eigenvalue weighted by Gasteiger charge is -2.06. The first kappa shape index (κ1) is 40.2. The topological polar surface area (TPSA) is 78.8 Å². The molecule has 0 saturated heterocycles.